The minimum absolute atomic E-state index is 0.0890. The van der Waals surface area contributed by atoms with Crippen LogP contribution in [0.2, 0.25) is 0 Å². The lowest BCUT2D eigenvalue weighted by Gasteiger charge is -2.15. The second-order valence-corrected chi connectivity index (χ2v) is 4.17. The molecule has 0 saturated heterocycles. The molecule has 90 valence electrons. The molecule has 0 bridgehead atoms. The first-order valence-electron chi connectivity index (χ1n) is 5.74. The molecule has 0 spiro atoms. The van der Waals surface area contributed by atoms with Gasteiger partial charge in [-0.25, -0.2) is 4.98 Å². The number of anilines is 1. The SMILES string of the molecule is CC(c1cccnc1)n1c(N)nc2cnccc21. The van der Waals surface area contributed by atoms with Crippen LogP contribution in [0, 0.1) is 0 Å². The van der Waals surface area contributed by atoms with E-state index in [0.717, 1.165) is 16.6 Å². The molecule has 0 amide bonds. The molecule has 0 aliphatic heterocycles. The van der Waals surface area contributed by atoms with E-state index in [-0.39, 0.29) is 6.04 Å². The van der Waals surface area contributed by atoms with Gasteiger partial charge in [-0.05, 0) is 24.6 Å². The van der Waals surface area contributed by atoms with E-state index in [2.05, 4.69) is 21.9 Å². The number of fused-ring (bicyclic) bond motifs is 1. The summed E-state index contributed by atoms with van der Waals surface area (Å²) < 4.78 is 1.99. The Morgan fingerprint density at radius 1 is 1.17 bits per heavy atom. The highest BCUT2D eigenvalue weighted by Crippen LogP contribution is 2.25. The van der Waals surface area contributed by atoms with E-state index < -0.39 is 0 Å². The highest BCUT2D eigenvalue weighted by molar-refractivity contribution is 5.77. The molecule has 5 nitrogen and oxygen atoms in total. The molecule has 3 rings (SSSR count). The smallest absolute Gasteiger partial charge is 0.201 e. The van der Waals surface area contributed by atoms with Crippen molar-refractivity contribution in [2.75, 3.05) is 5.73 Å². The van der Waals surface area contributed by atoms with Gasteiger partial charge < -0.3 is 10.3 Å². The van der Waals surface area contributed by atoms with Crippen LogP contribution in [0.1, 0.15) is 18.5 Å². The largest absolute Gasteiger partial charge is 0.369 e. The maximum Gasteiger partial charge on any atom is 0.201 e. The van der Waals surface area contributed by atoms with Crippen LogP contribution in [-0.2, 0) is 0 Å². The Balaban J connectivity index is 2.17. The summed E-state index contributed by atoms with van der Waals surface area (Å²) in [7, 11) is 0. The molecule has 0 fully saturated rings. The van der Waals surface area contributed by atoms with E-state index >= 15 is 0 Å². The molecule has 0 aliphatic carbocycles. The summed E-state index contributed by atoms with van der Waals surface area (Å²) >= 11 is 0. The number of nitrogens with zero attached hydrogens (tertiary/aromatic N) is 4. The summed E-state index contributed by atoms with van der Waals surface area (Å²) in [5.74, 6) is 0.495. The molecular weight excluding hydrogens is 226 g/mol. The van der Waals surface area contributed by atoms with E-state index in [1.165, 1.54) is 0 Å². The standard InChI is InChI=1S/C13H13N5/c1-9(10-3-2-5-15-7-10)18-12-4-6-16-8-11(12)17-13(18)14/h2-9H,1H3,(H2,14,17). The fourth-order valence-corrected chi connectivity index (χ4v) is 2.15. The maximum atomic E-state index is 6.00. The zero-order valence-corrected chi connectivity index (χ0v) is 9.99. The first-order valence-corrected chi connectivity index (χ1v) is 5.74. The van der Waals surface area contributed by atoms with Crippen molar-refractivity contribution in [2.45, 2.75) is 13.0 Å². The fourth-order valence-electron chi connectivity index (χ4n) is 2.15. The normalized spacial score (nSPS) is 12.7. The minimum atomic E-state index is 0.0890. The van der Waals surface area contributed by atoms with Crippen molar-refractivity contribution >= 4 is 17.0 Å². The molecule has 5 heteroatoms. The molecule has 3 aromatic rings. The van der Waals surface area contributed by atoms with Crippen LogP contribution in [0.25, 0.3) is 11.0 Å². The van der Waals surface area contributed by atoms with Crippen molar-refractivity contribution in [2.24, 2.45) is 0 Å². The molecule has 1 atom stereocenters. The van der Waals surface area contributed by atoms with Crippen molar-refractivity contribution in [3.63, 3.8) is 0 Å². The lowest BCUT2D eigenvalue weighted by atomic mass is 10.1. The Labute approximate surface area is 104 Å². The Kier molecular flexibility index (Phi) is 2.44. The zero-order valence-electron chi connectivity index (χ0n) is 9.99. The average molecular weight is 239 g/mol. The molecule has 0 aliphatic rings. The fraction of sp³-hybridized carbons (Fsp3) is 0.154. The molecule has 2 N–H and O–H groups in total. The molecule has 1 unspecified atom stereocenters. The third kappa shape index (κ3) is 1.60. The Morgan fingerprint density at radius 2 is 2.00 bits per heavy atom. The van der Waals surface area contributed by atoms with E-state index in [0.29, 0.717) is 5.95 Å². The van der Waals surface area contributed by atoms with E-state index in [9.17, 15) is 0 Å². The van der Waals surface area contributed by atoms with Crippen molar-refractivity contribution in [3.05, 3.63) is 48.5 Å². The number of aromatic nitrogens is 4. The summed E-state index contributed by atoms with van der Waals surface area (Å²) in [4.78, 5) is 12.5. The van der Waals surface area contributed by atoms with Crippen LogP contribution in [-0.4, -0.2) is 19.5 Å². The molecule has 0 saturated carbocycles. The third-order valence-corrected chi connectivity index (χ3v) is 3.07. The second-order valence-electron chi connectivity index (χ2n) is 4.17. The summed E-state index contributed by atoms with van der Waals surface area (Å²) in [5.41, 5.74) is 8.89. The average Bonchev–Trinajstić information content (AvgIpc) is 2.75. The van der Waals surface area contributed by atoms with Crippen molar-refractivity contribution in [1.82, 2.24) is 19.5 Å². The summed E-state index contributed by atoms with van der Waals surface area (Å²) in [6.45, 7) is 2.08. The Hall–Kier alpha value is -2.43. The van der Waals surface area contributed by atoms with Gasteiger partial charge in [-0.2, -0.15) is 0 Å². The number of nitrogen functional groups attached to an aromatic ring is 1. The first kappa shape index (κ1) is 10.7. The van der Waals surface area contributed by atoms with E-state index in [1.54, 1.807) is 18.6 Å². The van der Waals surface area contributed by atoms with Gasteiger partial charge in [0, 0.05) is 18.6 Å². The molecule has 0 aromatic carbocycles. The van der Waals surface area contributed by atoms with Crippen LogP contribution in [0.5, 0.6) is 0 Å². The first-order chi connectivity index (χ1) is 8.77. The van der Waals surface area contributed by atoms with Gasteiger partial charge >= 0.3 is 0 Å². The number of rotatable bonds is 2. The molecule has 3 aromatic heterocycles. The van der Waals surface area contributed by atoms with Gasteiger partial charge in [0.1, 0.15) is 5.52 Å². The minimum Gasteiger partial charge on any atom is -0.369 e. The summed E-state index contributed by atoms with van der Waals surface area (Å²) in [6, 6.07) is 5.96. The molecule has 3 heterocycles. The number of hydrogen-bond donors (Lipinski definition) is 1. The van der Waals surface area contributed by atoms with Gasteiger partial charge in [0.15, 0.2) is 0 Å². The number of imidazole rings is 1. The third-order valence-electron chi connectivity index (χ3n) is 3.07. The Morgan fingerprint density at radius 3 is 2.78 bits per heavy atom. The van der Waals surface area contributed by atoms with Gasteiger partial charge in [0.25, 0.3) is 0 Å². The van der Waals surface area contributed by atoms with E-state index in [1.807, 2.05) is 29.0 Å². The van der Waals surface area contributed by atoms with Crippen LogP contribution in [0.3, 0.4) is 0 Å². The van der Waals surface area contributed by atoms with Crippen molar-refractivity contribution in [3.8, 4) is 0 Å². The number of pyridine rings is 2. The van der Waals surface area contributed by atoms with Gasteiger partial charge in [-0.1, -0.05) is 6.07 Å². The highest BCUT2D eigenvalue weighted by atomic mass is 15.2. The molecule has 0 radical (unpaired) electrons. The van der Waals surface area contributed by atoms with Gasteiger partial charge in [0.2, 0.25) is 5.95 Å². The second kappa shape index (κ2) is 4.10. The quantitative estimate of drug-likeness (QED) is 0.742. The van der Waals surface area contributed by atoms with E-state index in [4.69, 9.17) is 5.73 Å². The summed E-state index contributed by atoms with van der Waals surface area (Å²) in [5, 5.41) is 0. The van der Waals surface area contributed by atoms with Crippen LogP contribution >= 0.6 is 0 Å². The number of hydrogen-bond acceptors (Lipinski definition) is 4. The predicted octanol–water partition coefficient (Wildman–Crippen LogP) is 2.02. The lowest BCUT2D eigenvalue weighted by molar-refractivity contribution is 0.665. The number of nitrogens with two attached hydrogens (primary N) is 1. The maximum absolute atomic E-state index is 6.00. The van der Waals surface area contributed by atoms with Crippen LogP contribution < -0.4 is 5.73 Å². The monoisotopic (exact) mass is 239 g/mol. The molecular formula is C13H13N5. The topological polar surface area (TPSA) is 69.6 Å². The van der Waals surface area contributed by atoms with Gasteiger partial charge in [0.05, 0.1) is 17.8 Å². The van der Waals surface area contributed by atoms with Crippen molar-refractivity contribution < 1.29 is 0 Å². The lowest BCUT2D eigenvalue weighted by Crippen LogP contribution is -2.10. The van der Waals surface area contributed by atoms with Crippen molar-refractivity contribution in [1.29, 1.82) is 0 Å². The van der Waals surface area contributed by atoms with Crippen LogP contribution in [0.15, 0.2) is 43.0 Å². The van der Waals surface area contributed by atoms with Gasteiger partial charge in [-0.15, -0.1) is 0 Å². The molecule has 18 heavy (non-hydrogen) atoms. The van der Waals surface area contributed by atoms with Crippen LogP contribution in [0.4, 0.5) is 5.95 Å². The highest BCUT2D eigenvalue weighted by Gasteiger charge is 2.15. The predicted molar refractivity (Wildman–Crippen MR) is 70.0 cm³/mol. The Bertz CT molecular complexity index is 674. The van der Waals surface area contributed by atoms with Gasteiger partial charge in [-0.3, -0.25) is 9.97 Å². The zero-order chi connectivity index (χ0) is 12.5. The summed E-state index contributed by atoms with van der Waals surface area (Å²) in [6.07, 6.45) is 7.07.